The molecule has 19 heavy (non-hydrogen) atoms. The zero-order valence-electron chi connectivity index (χ0n) is 11.5. The second kappa shape index (κ2) is 5.63. The van der Waals surface area contributed by atoms with Gasteiger partial charge >= 0.3 is 0 Å². The molecule has 0 saturated carbocycles. The Morgan fingerprint density at radius 1 is 0.947 bits per heavy atom. The zero-order chi connectivity index (χ0) is 13.9. The van der Waals surface area contributed by atoms with Gasteiger partial charge in [0.1, 0.15) is 12.9 Å². The van der Waals surface area contributed by atoms with Gasteiger partial charge in [0.2, 0.25) is 0 Å². The molecular weight excluding hydrogens is 255 g/mol. The SMILES string of the molecule is COc1ccccc1P(=O)(c1ccccc1)C(C)C. The van der Waals surface area contributed by atoms with Crippen LogP contribution in [0.1, 0.15) is 13.8 Å². The molecule has 0 aliphatic rings. The molecule has 1 unspecified atom stereocenters. The summed E-state index contributed by atoms with van der Waals surface area (Å²) in [5.74, 6) is 0.698. The van der Waals surface area contributed by atoms with Gasteiger partial charge in [0.05, 0.1) is 12.4 Å². The van der Waals surface area contributed by atoms with Crippen molar-refractivity contribution >= 4 is 17.8 Å². The maximum atomic E-state index is 13.6. The summed E-state index contributed by atoms with van der Waals surface area (Å²) in [5.41, 5.74) is 0.0335. The first-order valence-electron chi connectivity index (χ1n) is 6.39. The Labute approximate surface area is 114 Å². The van der Waals surface area contributed by atoms with E-state index in [0.717, 1.165) is 10.6 Å². The zero-order valence-corrected chi connectivity index (χ0v) is 12.4. The van der Waals surface area contributed by atoms with Crippen molar-refractivity contribution in [1.29, 1.82) is 0 Å². The molecule has 3 heteroatoms. The van der Waals surface area contributed by atoms with Gasteiger partial charge in [-0.1, -0.05) is 56.3 Å². The predicted molar refractivity (Wildman–Crippen MR) is 81.4 cm³/mol. The molecule has 0 bridgehead atoms. The van der Waals surface area contributed by atoms with Gasteiger partial charge in [-0.2, -0.15) is 0 Å². The van der Waals surface area contributed by atoms with Gasteiger partial charge < -0.3 is 9.30 Å². The van der Waals surface area contributed by atoms with Crippen molar-refractivity contribution in [3.05, 3.63) is 54.6 Å². The molecule has 100 valence electrons. The standard InChI is InChI=1S/C16H19O2P/c1-13(2)19(17,14-9-5-4-6-10-14)16-12-8-7-11-15(16)18-3/h4-13H,1-3H3. The lowest BCUT2D eigenvalue weighted by Crippen LogP contribution is -2.23. The van der Waals surface area contributed by atoms with Crippen LogP contribution >= 0.6 is 7.14 Å². The molecule has 0 saturated heterocycles. The second-order valence-electron chi connectivity index (χ2n) is 4.76. The van der Waals surface area contributed by atoms with E-state index in [1.807, 2.05) is 68.4 Å². The van der Waals surface area contributed by atoms with Crippen molar-refractivity contribution in [3.8, 4) is 5.75 Å². The van der Waals surface area contributed by atoms with Crippen LogP contribution in [0, 0.1) is 0 Å². The summed E-state index contributed by atoms with van der Waals surface area (Å²) in [4.78, 5) is 0. The molecule has 2 rings (SSSR count). The van der Waals surface area contributed by atoms with E-state index in [9.17, 15) is 4.57 Å². The summed E-state index contributed by atoms with van der Waals surface area (Å²) in [7, 11) is -1.06. The minimum atomic E-state index is -2.68. The highest BCUT2D eigenvalue weighted by atomic mass is 31.2. The molecule has 0 aliphatic heterocycles. The summed E-state index contributed by atoms with van der Waals surface area (Å²) in [6.07, 6.45) is 0. The Kier molecular flexibility index (Phi) is 4.11. The summed E-state index contributed by atoms with van der Waals surface area (Å²) in [6, 6.07) is 17.3. The number of methoxy groups -OCH3 is 1. The Morgan fingerprint density at radius 3 is 2.11 bits per heavy atom. The summed E-state index contributed by atoms with van der Waals surface area (Å²) < 4.78 is 19.0. The van der Waals surface area contributed by atoms with Crippen molar-refractivity contribution in [2.45, 2.75) is 19.5 Å². The van der Waals surface area contributed by atoms with Crippen molar-refractivity contribution in [2.75, 3.05) is 7.11 Å². The van der Waals surface area contributed by atoms with Crippen molar-refractivity contribution in [2.24, 2.45) is 0 Å². The quantitative estimate of drug-likeness (QED) is 0.799. The second-order valence-corrected chi connectivity index (χ2v) is 8.11. The topological polar surface area (TPSA) is 26.3 Å². The van der Waals surface area contributed by atoms with Crippen molar-refractivity contribution in [1.82, 2.24) is 0 Å². The Hall–Kier alpha value is -1.53. The van der Waals surface area contributed by atoms with Crippen LogP contribution < -0.4 is 15.3 Å². The van der Waals surface area contributed by atoms with Crippen molar-refractivity contribution in [3.63, 3.8) is 0 Å². The highest BCUT2D eigenvalue weighted by molar-refractivity contribution is 7.79. The fraction of sp³-hybridized carbons (Fsp3) is 0.250. The van der Waals surface area contributed by atoms with Crippen LogP contribution in [0.5, 0.6) is 5.75 Å². The maximum Gasteiger partial charge on any atom is 0.149 e. The van der Waals surface area contributed by atoms with Gasteiger partial charge in [-0.05, 0) is 12.1 Å². The first-order valence-corrected chi connectivity index (χ1v) is 8.17. The third kappa shape index (κ3) is 2.46. The van der Waals surface area contributed by atoms with Gasteiger partial charge in [-0.15, -0.1) is 0 Å². The first kappa shape index (κ1) is 13.9. The van der Waals surface area contributed by atoms with E-state index in [4.69, 9.17) is 4.74 Å². The Bertz CT molecular complexity index is 591. The summed E-state index contributed by atoms with van der Waals surface area (Å²) >= 11 is 0. The van der Waals surface area contributed by atoms with Gasteiger partial charge in [-0.25, -0.2) is 0 Å². The van der Waals surface area contributed by atoms with Gasteiger partial charge in [0.15, 0.2) is 0 Å². The molecule has 0 aliphatic carbocycles. The fourth-order valence-corrected chi connectivity index (χ4v) is 5.12. The summed E-state index contributed by atoms with van der Waals surface area (Å²) in [5, 5.41) is 1.69. The highest BCUT2D eigenvalue weighted by Gasteiger charge is 2.33. The first-order chi connectivity index (χ1) is 9.10. The number of hydrogen-bond acceptors (Lipinski definition) is 2. The normalized spacial score (nSPS) is 14.1. The average Bonchev–Trinajstić information content (AvgIpc) is 2.47. The van der Waals surface area contributed by atoms with Crippen LogP contribution in [0.25, 0.3) is 0 Å². The minimum Gasteiger partial charge on any atom is -0.496 e. The molecule has 2 nitrogen and oxygen atoms in total. The molecule has 0 aromatic heterocycles. The lowest BCUT2D eigenvalue weighted by Gasteiger charge is -2.24. The van der Waals surface area contributed by atoms with E-state index in [1.54, 1.807) is 7.11 Å². The highest BCUT2D eigenvalue weighted by Crippen LogP contribution is 2.50. The van der Waals surface area contributed by atoms with E-state index >= 15 is 0 Å². The van der Waals surface area contributed by atoms with E-state index in [-0.39, 0.29) is 5.66 Å². The maximum absolute atomic E-state index is 13.6. The van der Waals surface area contributed by atoms with Crippen LogP contribution in [-0.2, 0) is 4.57 Å². The third-order valence-electron chi connectivity index (χ3n) is 3.31. The average molecular weight is 274 g/mol. The molecular formula is C16H19O2P. The third-order valence-corrected chi connectivity index (χ3v) is 6.92. The van der Waals surface area contributed by atoms with Crippen LogP contribution in [-0.4, -0.2) is 12.8 Å². The Balaban J connectivity index is 2.68. The largest absolute Gasteiger partial charge is 0.496 e. The number of ether oxygens (including phenoxy) is 1. The number of para-hydroxylation sites is 1. The van der Waals surface area contributed by atoms with Crippen LogP contribution in [0.4, 0.5) is 0 Å². The molecule has 0 N–H and O–H groups in total. The number of hydrogen-bond donors (Lipinski definition) is 0. The predicted octanol–water partition coefficient (Wildman–Crippen LogP) is 3.42. The lowest BCUT2D eigenvalue weighted by atomic mass is 10.3. The molecule has 2 aromatic carbocycles. The van der Waals surface area contributed by atoms with E-state index in [1.165, 1.54) is 0 Å². The minimum absolute atomic E-state index is 0.0335. The molecule has 1 atom stereocenters. The number of benzene rings is 2. The van der Waals surface area contributed by atoms with Crippen molar-refractivity contribution < 1.29 is 9.30 Å². The van der Waals surface area contributed by atoms with E-state index in [0.29, 0.717) is 5.75 Å². The van der Waals surface area contributed by atoms with Crippen LogP contribution in [0.3, 0.4) is 0 Å². The monoisotopic (exact) mass is 274 g/mol. The van der Waals surface area contributed by atoms with E-state index in [2.05, 4.69) is 0 Å². The summed E-state index contributed by atoms with van der Waals surface area (Å²) in [6.45, 7) is 4.00. The smallest absolute Gasteiger partial charge is 0.149 e. The fourth-order valence-electron chi connectivity index (χ4n) is 2.27. The molecule has 0 fully saturated rings. The Morgan fingerprint density at radius 2 is 1.53 bits per heavy atom. The van der Waals surface area contributed by atoms with Gasteiger partial charge in [0.25, 0.3) is 0 Å². The van der Waals surface area contributed by atoms with Gasteiger partial charge in [0, 0.05) is 11.0 Å². The van der Waals surface area contributed by atoms with E-state index < -0.39 is 7.14 Å². The molecule has 0 spiro atoms. The number of rotatable bonds is 4. The molecule has 2 aromatic rings. The van der Waals surface area contributed by atoms with Crippen LogP contribution in [0.15, 0.2) is 54.6 Å². The molecule has 0 heterocycles. The lowest BCUT2D eigenvalue weighted by molar-refractivity contribution is 0.417. The van der Waals surface area contributed by atoms with Gasteiger partial charge in [-0.3, -0.25) is 0 Å². The molecule has 0 amide bonds. The molecule has 0 radical (unpaired) electrons. The van der Waals surface area contributed by atoms with Crippen LogP contribution in [0.2, 0.25) is 0 Å².